The summed E-state index contributed by atoms with van der Waals surface area (Å²) in [4.78, 5) is 0.270. The number of fused-ring (bicyclic) bond motifs is 1. The van der Waals surface area contributed by atoms with Gasteiger partial charge in [0.2, 0.25) is 10.0 Å². The van der Waals surface area contributed by atoms with E-state index in [9.17, 15) is 8.42 Å². The number of hydrogen-bond acceptors (Lipinski definition) is 6. The Hall–Kier alpha value is -1.81. The molecule has 1 aromatic heterocycles. The maximum atomic E-state index is 12.8. The number of hydrogen-bond donors (Lipinski definition) is 0. The molecule has 0 atom stereocenters. The lowest BCUT2D eigenvalue weighted by Crippen LogP contribution is -2.40. The third kappa shape index (κ3) is 2.73. The molecule has 2 aliphatic heterocycles. The monoisotopic (exact) mass is 350 g/mol. The quantitative estimate of drug-likeness (QED) is 0.801. The molecule has 0 N–H and O–H groups in total. The first-order chi connectivity index (χ1) is 11.7. The Morgan fingerprint density at radius 2 is 1.79 bits per heavy atom. The number of morpholine rings is 1. The Morgan fingerprint density at radius 1 is 1.00 bits per heavy atom. The SMILES string of the molecule is O=S(=O)(c1cccc(-c2nnc3n2CCOC3)c1)N1CCOCC1. The van der Waals surface area contributed by atoms with Crippen molar-refractivity contribution in [2.75, 3.05) is 32.9 Å². The Balaban J connectivity index is 1.70. The van der Waals surface area contributed by atoms with Gasteiger partial charge in [0, 0.05) is 25.2 Å². The zero-order valence-electron chi connectivity index (χ0n) is 13.1. The fourth-order valence-corrected chi connectivity index (χ4v) is 4.40. The van der Waals surface area contributed by atoms with Gasteiger partial charge < -0.3 is 14.0 Å². The largest absolute Gasteiger partial charge is 0.379 e. The zero-order chi connectivity index (χ0) is 16.6. The molecule has 24 heavy (non-hydrogen) atoms. The molecule has 4 rings (SSSR count). The van der Waals surface area contributed by atoms with Gasteiger partial charge in [0.05, 0.1) is 24.7 Å². The van der Waals surface area contributed by atoms with Gasteiger partial charge in [-0.1, -0.05) is 12.1 Å². The van der Waals surface area contributed by atoms with Crippen LogP contribution in [0, 0.1) is 0 Å². The lowest BCUT2D eigenvalue weighted by atomic mass is 10.2. The van der Waals surface area contributed by atoms with Crippen LogP contribution in [-0.2, 0) is 32.6 Å². The molecular weight excluding hydrogens is 332 g/mol. The molecule has 8 nitrogen and oxygen atoms in total. The summed E-state index contributed by atoms with van der Waals surface area (Å²) in [5, 5.41) is 8.33. The zero-order valence-corrected chi connectivity index (χ0v) is 13.9. The summed E-state index contributed by atoms with van der Waals surface area (Å²) in [6, 6.07) is 6.87. The normalized spacial score (nSPS) is 19.2. The first-order valence-corrected chi connectivity index (χ1v) is 9.28. The van der Waals surface area contributed by atoms with Gasteiger partial charge in [0.1, 0.15) is 6.61 Å². The summed E-state index contributed by atoms with van der Waals surface area (Å²) in [6.07, 6.45) is 0. The standard InChI is InChI=1S/C15H18N4O4S/c20-24(21,18-4-7-22-8-5-18)13-3-1-2-12(10-13)15-17-16-14-11-23-9-6-19(14)15/h1-3,10H,4-9,11H2. The van der Waals surface area contributed by atoms with E-state index in [1.54, 1.807) is 18.2 Å². The third-order valence-electron chi connectivity index (χ3n) is 4.22. The predicted octanol–water partition coefficient (Wildman–Crippen LogP) is 0.496. The Bertz CT molecular complexity index is 843. The van der Waals surface area contributed by atoms with Gasteiger partial charge in [-0.2, -0.15) is 4.31 Å². The van der Waals surface area contributed by atoms with Gasteiger partial charge in [-0.15, -0.1) is 10.2 Å². The summed E-state index contributed by atoms with van der Waals surface area (Å²) >= 11 is 0. The van der Waals surface area contributed by atoms with Crippen LogP contribution in [0.15, 0.2) is 29.2 Å². The van der Waals surface area contributed by atoms with Crippen LogP contribution in [0.4, 0.5) is 0 Å². The molecule has 1 fully saturated rings. The molecule has 2 aliphatic rings. The second-order valence-corrected chi connectivity index (χ2v) is 7.63. The minimum atomic E-state index is -3.53. The Kier molecular flexibility index (Phi) is 4.09. The average Bonchev–Trinajstić information content (AvgIpc) is 3.07. The van der Waals surface area contributed by atoms with Crippen molar-refractivity contribution in [3.63, 3.8) is 0 Å². The highest BCUT2D eigenvalue weighted by Gasteiger charge is 2.27. The third-order valence-corrected chi connectivity index (χ3v) is 6.11. The molecule has 0 unspecified atom stereocenters. The molecule has 128 valence electrons. The number of nitrogens with zero attached hydrogens (tertiary/aromatic N) is 4. The predicted molar refractivity (Wildman–Crippen MR) is 84.7 cm³/mol. The van der Waals surface area contributed by atoms with Crippen LogP contribution in [0.5, 0.6) is 0 Å². The van der Waals surface area contributed by atoms with Crippen LogP contribution in [0.2, 0.25) is 0 Å². The highest BCUT2D eigenvalue weighted by molar-refractivity contribution is 7.89. The van der Waals surface area contributed by atoms with E-state index in [4.69, 9.17) is 9.47 Å². The summed E-state index contributed by atoms with van der Waals surface area (Å²) in [6.45, 7) is 3.31. The van der Waals surface area contributed by atoms with E-state index < -0.39 is 10.0 Å². The van der Waals surface area contributed by atoms with E-state index in [0.717, 1.165) is 11.4 Å². The van der Waals surface area contributed by atoms with E-state index in [2.05, 4.69) is 10.2 Å². The van der Waals surface area contributed by atoms with Crippen LogP contribution in [0.1, 0.15) is 5.82 Å². The number of rotatable bonds is 3. The minimum Gasteiger partial charge on any atom is -0.379 e. The van der Waals surface area contributed by atoms with E-state index in [-0.39, 0.29) is 4.90 Å². The maximum Gasteiger partial charge on any atom is 0.243 e. The van der Waals surface area contributed by atoms with Crippen molar-refractivity contribution in [3.8, 4) is 11.4 Å². The highest BCUT2D eigenvalue weighted by atomic mass is 32.2. The lowest BCUT2D eigenvalue weighted by Gasteiger charge is -2.26. The Morgan fingerprint density at radius 3 is 2.62 bits per heavy atom. The molecule has 0 bridgehead atoms. The van der Waals surface area contributed by atoms with Crippen LogP contribution >= 0.6 is 0 Å². The first-order valence-electron chi connectivity index (χ1n) is 7.84. The van der Waals surface area contributed by atoms with E-state index >= 15 is 0 Å². The number of benzene rings is 1. The molecule has 9 heteroatoms. The fourth-order valence-electron chi connectivity index (χ4n) is 2.94. The van der Waals surface area contributed by atoms with Gasteiger partial charge in [0.25, 0.3) is 0 Å². The molecule has 3 heterocycles. The molecule has 0 aliphatic carbocycles. The first kappa shape index (κ1) is 15.7. The summed E-state index contributed by atoms with van der Waals surface area (Å²) in [7, 11) is -3.53. The molecule has 0 saturated carbocycles. The molecular formula is C15H18N4O4S. The van der Waals surface area contributed by atoms with Crippen molar-refractivity contribution in [3.05, 3.63) is 30.1 Å². The van der Waals surface area contributed by atoms with Crippen molar-refractivity contribution < 1.29 is 17.9 Å². The maximum absolute atomic E-state index is 12.8. The molecule has 0 radical (unpaired) electrons. The van der Waals surface area contributed by atoms with Crippen LogP contribution in [0.3, 0.4) is 0 Å². The van der Waals surface area contributed by atoms with Crippen molar-refractivity contribution in [2.24, 2.45) is 0 Å². The van der Waals surface area contributed by atoms with Crippen molar-refractivity contribution in [1.82, 2.24) is 19.1 Å². The van der Waals surface area contributed by atoms with Crippen molar-refractivity contribution in [2.45, 2.75) is 18.0 Å². The van der Waals surface area contributed by atoms with Gasteiger partial charge in [-0.3, -0.25) is 0 Å². The lowest BCUT2D eigenvalue weighted by molar-refractivity contribution is 0.0730. The summed E-state index contributed by atoms with van der Waals surface area (Å²) < 4.78 is 39.6. The second-order valence-electron chi connectivity index (χ2n) is 5.69. The smallest absolute Gasteiger partial charge is 0.243 e. The molecule has 1 saturated heterocycles. The van der Waals surface area contributed by atoms with Gasteiger partial charge in [-0.05, 0) is 12.1 Å². The summed E-state index contributed by atoms with van der Waals surface area (Å²) in [5.74, 6) is 1.44. The van der Waals surface area contributed by atoms with Gasteiger partial charge in [-0.25, -0.2) is 8.42 Å². The highest BCUT2D eigenvalue weighted by Crippen LogP contribution is 2.25. The van der Waals surface area contributed by atoms with Gasteiger partial charge >= 0.3 is 0 Å². The molecule has 2 aromatic rings. The average molecular weight is 350 g/mol. The van der Waals surface area contributed by atoms with Crippen molar-refractivity contribution in [1.29, 1.82) is 0 Å². The topological polar surface area (TPSA) is 86.5 Å². The Labute approximate surface area is 140 Å². The second kappa shape index (κ2) is 6.25. The van der Waals surface area contributed by atoms with Gasteiger partial charge in [0.15, 0.2) is 11.6 Å². The molecule has 0 spiro atoms. The number of aromatic nitrogens is 3. The number of sulfonamides is 1. The van der Waals surface area contributed by atoms with Crippen LogP contribution < -0.4 is 0 Å². The van der Waals surface area contributed by atoms with E-state index in [0.29, 0.717) is 51.9 Å². The fraction of sp³-hybridized carbons (Fsp3) is 0.467. The minimum absolute atomic E-state index is 0.270. The van der Waals surface area contributed by atoms with Crippen LogP contribution in [0.25, 0.3) is 11.4 Å². The van der Waals surface area contributed by atoms with E-state index in [1.807, 2.05) is 10.6 Å². The molecule has 1 aromatic carbocycles. The van der Waals surface area contributed by atoms with E-state index in [1.165, 1.54) is 4.31 Å². The van der Waals surface area contributed by atoms with Crippen LogP contribution in [-0.4, -0.2) is 60.4 Å². The van der Waals surface area contributed by atoms with Crippen molar-refractivity contribution >= 4 is 10.0 Å². The number of ether oxygens (including phenoxy) is 2. The summed E-state index contributed by atoms with van der Waals surface area (Å²) in [5.41, 5.74) is 0.741. The molecule has 0 amide bonds.